The summed E-state index contributed by atoms with van der Waals surface area (Å²) in [5.41, 5.74) is 8.23. The quantitative estimate of drug-likeness (QED) is 0.725. The Kier molecular flexibility index (Phi) is 3.31. The van der Waals surface area contributed by atoms with Gasteiger partial charge in [-0.25, -0.2) is 4.98 Å². The molecule has 0 bridgehead atoms. The Balaban J connectivity index is 2.14. The summed E-state index contributed by atoms with van der Waals surface area (Å²) in [5, 5.41) is 9.85. The van der Waals surface area contributed by atoms with Crippen molar-refractivity contribution in [1.29, 1.82) is 5.26 Å². The van der Waals surface area contributed by atoms with Crippen LogP contribution in [-0.4, -0.2) is 15.9 Å². The lowest BCUT2D eigenvalue weighted by Gasteiger charge is -2.05. The van der Waals surface area contributed by atoms with Gasteiger partial charge in [0.05, 0.1) is 11.6 Å². The predicted octanol–water partition coefficient (Wildman–Crippen LogP) is 2.26. The lowest BCUT2D eigenvalue weighted by molar-refractivity contribution is 0.0996. The average Bonchev–Trinajstić information content (AvgIpc) is 2.91. The molecule has 0 aliphatic rings. The van der Waals surface area contributed by atoms with Crippen molar-refractivity contribution >= 4 is 16.8 Å². The van der Waals surface area contributed by atoms with Gasteiger partial charge < -0.3 is 10.7 Å². The fourth-order valence-electron chi connectivity index (χ4n) is 2.43. The average molecular weight is 294 g/mol. The third kappa shape index (κ3) is 2.52. The number of aromatic nitrogens is 2. The summed E-state index contributed by atoms with van der Waals surface area (Å²) < 4.78 is 13.2. The number of H-pyrrole nitrogens is 1. The Morgan fingerprint density at radius 3 is 2.86 bits per heavy atom. The number of amides is 1. The van der Waals surface area contributed by atoms with Gasteiger partial charge in [-0.1, -0.05) is 0 Å². The standard InChI is InChI=1S/C16H11FN4O/c17-14-6-9(1-2-20-14)3-11-4-10(8-18)5-12-7-13(16(19)22)21-15(11)12/h1-2,4-7,21H,3H2,(H2,19,22). The van der Waals surface area contributed by atoms with Crippen molar-refractivity contribution in [2.24, 2.45) is 5.73 Å². The van der Waals surface area contributed by atoms with Gasteiger partial charge in [-0.2, -0.15) is 9.65 Å². The zero-order chi connectivity index (χ0) is 15.7. The van der Waals surface area contributed by atoms with Crippen molar-refractivity contribution in [3.05, 3.63) is 64.9 Å². The first-order valence-corrected chi connectivity index (χ1v) is 6.53. The van der Waals surface area contributed by atoms with Gasteiger partial charge in [0, 0.05) is 17.1 Å². The minimum absolute atomic E-state index is 0.271. The first-order valence-electron chi connectivity index (χ1n) is 6.53. The minimum atomic E-state index is -0.574. The van der Waals surface area contributed by atoms with E-state index in [0.29, 0.717) is 17.5 Å². The molecule has 0 atom stereocenters. The number of carbonyl (C=O) groups excluding carboxylic acids is 1. The molecular formula is C16H11FN4O. The molecule has 108 valence electrons. The van der Waals surface area contributed by atoms with E-state index in [0.717, 1.165) is 16.5 Å². The van der Waals surface area contributed by atoms with Crippen molar-refractivity contribution < 1.29 is 9.18 Å². The van der Waals surface area contributed by atoms with Gasteiger partial charge in [0.2, 0.25) is 5.95 Å². The van der Waals surface area contributed by atoms with E-state index in [9.17, 15) is 9.18 Å². The largest absolute Gasteiger partial charge is 0.364 e. The highest BCUT2D eigenvalue weighted by molar-refractivity contribution is 5.98. The highest BCUT2D eigenvalue weighted by atomic mass is 19.1. The van der Waals surface area contributed by atoms with Crippen LogP contribution in [0.25, 0.3) is 10.9 Å². The van der Waals surface area contributed by atoms with Crippen LogP contribution in [0.5, 0.6) is 0 Å². The number of benzene rings is 1. The second kappa shape index (κ2) is 5.30. The van der Waals surface area contributed by atoms with E-state index in [2.05, 4.69) is 16.0 Å². The maximum atomic E-state index is 13.2. The number of nitrogens with one attached hydrogen (secondary N) is 1. The molecule has 0 saturated carbocycles. The molecule has 6 heteroatoms. The number of halogens is 1. The van der Waals surface area contributed by atoms with Gasteiger partial charge in [0.1, 0.15) is 5.69 Å². The minimum Gasteiger partial charge on any atom is -0.364 e. The Morgan fingerprint density at radius 2 is 2.18 bits per heavy atom. The third-order valence-electron chi connectivity index (χ3n) is 3.39. The molecule has 0 spiro atoms. The number of rotatable bonds is 3. The van der Waals surface area contributed by atoms with E-state index in [1.165, 1.54) is 12.3 Å². The maximum absolute atomic E-state index is 13.2. The topological polar surface area (TPSA) is 95.6 Å². The summed E-state index contributed by atoms with van der Waals surface area (Å²) in [6.07, 6.45) is 1.80. The maximum Gasteiger partial charge on any atom is 0.265 e. The van der Waals surface area contributed by atoms with Gasteiger partial charge in [0.25, 0.3) is 5.91 Å². The summed E-state index contributed by atoms with van der Waals surface area (Å²) >= 11 is 0. The molecule has 0 saturated heterocycles. The summed E-state index contributed by atoms with van der Waals surface area (Å²) in [7, 11) is 0. The number of hydrogen-bond acceptors (Lipinski definition) is 3. The van der Waals surface area contributed by atoms with Crippen LogP contribution in [0.3, 0.4) is 0 Å². The van der Waals surface area contributed by atoms with E-state index in [1.807, 2.05) is 0 Å². The summed E-state index contributed by atoms with van der Waals surface area (Å²) in [6.45, 7) is 0. The van der Waals surface area contributed by atoms with Crippen molar-refractivity contribution in [3.63, 3.8) is 0 Å². The van der Waals surface area contributed by atoms with E-state index in [1.54, 1.807) is 24.3 Å². The first kappa shape index (κ1) is 13.8. The molecule has 1 amide bonds. The fourth-order valence-corrected chi connectivity index (χ4v) is 2.43. The van der Waals surface area contributed by atoms with Crippen LogP contribution in [0.15, 0.2) is 36.5 Å². The number of nitrogens with zero attached hydrogens (tertiary/aromatic N) is 2. The number of primary amides is 1. The molecule has 2 heterocycles. The lowest BCUT2D eigenvalue weighted by Crippen LogP contribution is -2.10. The molecule has 0 aliphatic carbocycles. The predicted molar refractivity (Wildman–Crippen MR) is 78.5 cm³/mol. The monoisotopic (exact) mass is 294 g/mol. The second-order valence-electron chi connectivity index (χ2n) is 4.92. The zero-order valence-corrected chi connectivity index (χ0v) is 11.4. The molecule has 2 aromatic heterocycles. The van der Waals surface area contributed by atoms with E-state index >= 15 is 0 Å². The lowest BCUT2D eigenvalue weighted by atomic mass is 10.0. The SMILES string of the molecule is N#Cc1cc(Cc2ccnc(F)c2)c2[nH]c(C(N)=O)cc2c1. The first-order chi connectivity index (χ1) is 10.6. The molecule has 3 aromatic rings. The van der Waals surface area contributed by atoms with Crippen molar-refractivity contribution in [3.8, 4) is 6.07 Å². The molecular weight excluding hydrogens is 283 g/mol. The highest BCUT2D eigenvalue weighted by Crippen LogP contribution is 2.24. The van der Waals surface area contributed by atoms with Gasteiger partial charge >= 0.3 is 0 Å². The van der Waals surface area contributed by atoms with Crippen molar-refractivity contribution in [1.82, 2.24) is 9.97 Å². The summed E-state index contributed by atoms with van der Waals surface area (Å²) in [5.74, 6) is -1.13. The molecule has 5 nitrogen and oxygen atoms in total. The molecule has 0 unspecified atom stereocenters. The second-order valence-corrected chi connectivity index (χ2v) is 4.92. The van der Waals surface area contributed by atoms with Gasteiger partial charge in [0.15, 0.2) is 0 Å². The number of nitrogens with two attached hydrogens (primary N) is 1. The molecule has 3 rings (SSSR count). The molecule has 0 fully saturated rings. The van der Waals surface area contributed by atoms with Crippen LogP contribution in [0.4, 0.5) is 4.39 Å². The normalized spacial score (nSPS) is 10.5. The van der Waals surface area contributed by atoms with Crippen LogP contribution >= 0.6 is 0 Å². The molecule has 0 radical (unpaired) electrons. The van der Waals surface area contributed by atoms with Gasteiger partial charge in [-0.05, 0) is 47.9 Å². The van der Waals surface area contributed by atoms with Crippen LogP contribution in [0, 0.1) is 17.3 Å². The Hall–Kier alpha value is -3.20. The van der Waals surface area contributed by atoms with Crippen LogP contribution in [0.2, 0.25) is 0 Å². The smallest absolute Gasteiger partial charge is 0.265 e. The highest BCUT2D eigenvalue weighted by Gasteiger charge is 2.11. The van der Waals surface area contributed by atoms with E-state index < -0.39 is 11.9 Å². The molecule has 0 aliphatic heterocycles. The molecule has 3 N–H and O–H groups in total. The van der Waals surface area contributed by atoms with Crippen molar-refractivity contribution in [2.45, 2.75) is 6.42 Å². The number of nitriles is 1. The number of fused-ring (bicyclic) bond motifs is 1. The number of hydrogen-bond donors (Lipinski definition) is 2. The number of carbonyl (C=O) groups is 1. The van der Waals surface area contributed by atoms with Crippen molar-refractivity contribution in [2.75, 3.05) is 0 Å². The number of aromatic amines is 1. The molecule has 1 aromatic carbocycles. The van der Waals surface area contributed by atoms with Crippen LogP contribution in [0.1, 0.15) is 27.2 Å². The van der Waals surface area contributed by atoms with Gasteiger partial charge in [-0.15, -0.1) is 0 Å². The summed E-state index contributed by atoms with van der Waals surface area (Å²) in [6, 6.07) is 10.1. The zero-order valence-electron chi connectivity index (χ0n) is 11.4. The number of pyridine rings is 1. The van der Waals surface area contributed by atoms with Crippen LogP contribution in [-0.2, 0) is 6.42 Å². The third-order valence-corrected chi connectivity index (χ3v) is 3.39. The molecule has 22 heavy (non-hydrogen) atoms. The van der Waals surface area contributed by atoms with E-state index in [-0.39, 0.29) is 5.69 Å². The van der Waals surface area contributed by atoms with E-state index in [4.69, 9.17) is 11.0 Å². The fraction of sp³-hybridized carbons (Fsp3) is 0.0625. The Morgan fingerprint density at radius 1 is 1.36 bits per heavy atom. The van der Waals surface area contributed by atoms with Gasteiger partial charge in [-0.3, -0.25) is 4.79 Å². The summed E-state index contributed by atoms with van der Waals surface area (Å²) in [4.78, 5) is 17.8. The Bertz CT molecular complexity index is 924. The van der Waals surface area contributed by atoms with Crippen LogP contribution < -0.4 is 5.73 Å². The Labute approximate surface area is 125 Å².